The van der Waals surface area contributed by atoms with Crippen LogP contribution in [-0.4, -0.2) is 19.2 Å². The molecule has 1 aliphatic heterocycles. The third-order valence-electron chi connectivity index (χ3n) is 2.98. The Hall–Kier alpha value is -0.570. The zero-order chi connectivity index (χ0) is 11.5. The van der Waals surface area contributed by atoms with E-state index in [0.717, 1.165) is 23.7 Å². The van der Waals surface area contributed by atoms with Crippen LogP contribution in [-0.2, 0) is 4.74 Å². The summed E-state index contributed by atoms with van der Waals surface area (Å²) in [7, 11) is 0. The summed E-state index contributed by atoms with van der Waals surface area (Å²) in [5.74, 6) is 0.537. The Kier molecular flexibility index (Phi) is 3.85. The molecule has 0 bridgehead atoms. The molecule has 0 amide bonds. The molecular weight excluding hydrogens is 222 g/mol. The van der Waals surface area contributed by atoms with Crippen molar-refractivity contribution in [2.45, 2.75) is 26.1 Å². The van der Waals surface area contributed by atoms with E-state index in [1.807, 2.05) is 18.2 Å². The van der Waals surface area contributed by atoms with Gasteiger partial charge in [0, 0.05) is 18.1 Å². The van der Waals surface area contributed by atoms with Crippen molar-refractivity contribution in [2.24, 2.45) is 5.92 Å². The van der Waals surface area contributed by atoms with Gasteiger partial charge in [0.1, 0.15) is 0 Å². The minimum atomic E-state index is 0.125. The number of halogens is 1. The Bertz CT molecular complexity index is 354. The highest BCUT2D eigenvalue weighted by molar-refractivity contribution is 6.30. The van der Waals surface area contributed by atoms with Crippen LogP contribution in [0.2, 0.25) is 5.02 Å². The minimum Gasteiger partial charge on any atom is -0.367 e. The molecule has 1 aliphatic rings. The summed E-state index contributed by atoms with van der Waals surface area (Å²) in [6, 6.07) is 7.92. The van der Waals surface area contributed by atoms with Gasteiger partial charge in [0.05, 0.1) is 12.2 Å². The van der Waals surface area contributed by atoms with Gasteiger partial charge in [-0.15, -0.1) is 0 Å². The number of nitrogens with one attached hydrogen (secondary N) is 1. The van der Waals surface area contributed by atoms with Gasteiger partial charge in [0.2, 0.25) is 0 Å². The highest BCUT2D eigenvalue weighted by Crippen LogP contribution is 2.25. The molecule has 3 heteroatoms. The summed E-state index contributed by atoms with van der Waals surface area (Å²) in [5.41, 5.74) is 1.16. The molecule has 0 spiro atoms. The van der Waals surface area contributed by atoms with Gasteiger partial charge in [0.25, 0.3) is 0 Å². The van der Waals surface area contributed by atoms with Crippen LogP contribution in [0.25, 0.3) is 0 Å². The molecule has 2 nitrogen and oxygen atoms in total. The number of hydrogen-bond donors (Lipinski definition) is 1. The van der Waals surface area contributed by atoms with Crippen LogP contribution in [0.1, 0.15) is 25.5 Å². The van der Waals surface area contributed by atoms with E-state index in [4.69, 9.17) is 16.3 Å². The fraction of sp³-hybridized carbons (Fsp3) is 0.538. The van der Waals surface area contributed by atoms with Crippen molar-refractivity contribution in [1.29, 1.82) is 0 Å². The van der Waals surface area contributed by atoms with Crippen LogP contribution in [0.15, 0.2) is 24.3 Å². The molecule has 88 valence electrons. The van der Waals surface area contributed by atoms with Gasteiger partial charge in [0.15, 0.2) is 0 Å². The van der Waals surface area contributed by atoms with E-state index in [2.05, 4.69) is 25.2 Å². The van der Waals surface area contributed by atoms with Gasteiger partial charge >= 0.3 is 0 Å². The molecule has 1 aromatic rings. The number of rotatable bonds is 2. The second-order valence-electron chi connectivity index (χ2n) is 4.62. The summed E-state index contributed by atoms with van der Waals surface area (Å²) in [4.78, 5) is 0. The molecule has 1 N–H and O–H groups in total. The number of morpholine rings is 1. The predicted molar refractivity (Wildman–Crippen MR) is 66.8 cm³/mol. The van der Waals surface area contributed by atoms with Gasteiger partial charge in [-0.1, -0.05) is 37.6 Å². The molecule has 1 fully saturated rings. The van der Waals surface area contributed by atoms with Gasteiger partial charge < -0.3 is 10.1 Å². The van der Waals surface area contributed by atoms with E-state index in [-0.39, 0.29) is 12.2 Å². The minimum absolute atomic E-state index is 0.125. The Labute approximate surface area is 102 Å². The van der Waals surface area contributed by atoms with E-state index in [1.165, 1.54) is 0 Å². The Balaban J connectivity index is 2.09. The van der Waals surface area contributed by atoms with Crippen molar-refractivity contribution in [3.05, 3.63) is 34.9 Å². The fourth-order valence-corrected chi connectivity index (χ4v) is 2.16. The first-order chi connectivity index (χ1) is 7.66. The molecule has 1 heterocycles. The molecule has 2 atom stereocenters. The third kappa shape index (κ3) is 2.76. The van der Waals surface area contributed by atoms with E-state index < -0.39 is 0 Å². The monoisotopic (exact) mass is 239 g/mol. The van der Waals surface area contributed by atoms with Crippen LogP contribution >= 0.6 is 11.6 Å². The Morgan fingerprint density at radius 1 is 1.38 bits per heavy atom. The third-order valence-corrected chi connectivity index (χ3v) is 3.21. The van der Waals surface area contributed by atoms with Crippen molar-refractivity contribution >= 4 is 11.6 Å². The lowest BCUT2D eigenvalue weighted by Crippen LogP contribution is -2.43. The number of ether oxygens (including phenoxy) is 1. The van der Waals surface area contributed by atoms with E-state index in [9.17, 15) is 0 Å². The van der Waals surface area contributed by atoms with Crippen LogP contribution in [0.5, 0.6) is 0 Å². The maximum Gasteiger partial charge on any atom is 0.0954 e. The second-order valence-corrected chi connectivity index (χ2v) is 5.06. The molecule has 1 saturated heterocycles. The zero-order valence-electron chi connectivity index (χ0n) is 9.74. The molecule has 0 aromatic heterocycles. The van der Waals surface area contributed by atoms with Gasteiger partial charge in [-0.05, 0) is 23.6 Å². The molecular formula is C13H18ClNO. The quantitative estimate of drug-likeness (QED) is 0.857. The maximum absolute atomic E-state index is 6.07. The largest absolute Gasteiger partial charge is 0.367 e. The van der Waals surface area contributed by atoms with Crippen LogP contribution in [0.4, 0.5) is 0 Å². The van der Waals surface area contributed by atoms with Gasteiger partial charge in [-0.2, -0.15) is 0 Å². The fourth-order valence-electron chi connectivity index (χ4n) is 1.96. The smallest absolute Gasteiger partial charge is 0.0954 e. The summed E-state index contributed by atoms with van der Waals surface area (Å²) < 4.78 is 6.07. The Morgan fingerprint density at radius 2 is 2.19 bits per heavy atom. The summed E-state index contributed by atoms with van der Waals surface area (Å²) in [6.45, 7) is 6.18. The lowest BCUT2D eigenvalue weighted by molar-refractivity contribution is -0.0603. The average molecular weight is 240 g/mol. The summed E-state index contributed by atoms with van der Waals surface area (Å²) in [5, 5.41) is 4.19. The molecule has 0 radical (unpaired) electrons. The van der Waals surface area contributed by atoms with Crippen LogP contribution in [0, 0.1) is 5.92 Å². The first-order valence-corrected chi connectivity index (χ1v) is 6.16. The zero-order valence-corrected chi connectivity index (χ0v) is 10.5. The first kappa shape index (κ1) is 11.9. The van der Waals surface area contributed by atoms with Crippen molar-refractivity contribution < 1.29 is 4.74 Å². The molecule has 0 aliphatic carbocycles. The standard InChI is InChI=1S/C13H18ClNO/c1-9(2)12-7-15-8-13(16-12)10-4-3-5-11(14)6-10/h3-6,9,12-13,15H,7-8H2,1-2H3. The van der Waals surface area contributed by atoms with E-state index in [0.29, 0.717) is 5.92 Å². The molecule has 0 saturated carbocycles. The molecule has 1 aromatic carbocycles. The highest BCUT2D eigenvalue weighted by Gasteiger charge is 2.25. The summed E-state index contributed by atoms with van der Waals surface area (Å²) >= 11 is 5.99. The van der Waals surface area contributed by atoms with Gasteiger partial charge in [-0.25, -0.2) is 0 Å². The van der Waals surface area contributed by atoms with E-state index in [1.54, 1.807) is 0 Å². The molecule has 2 unspecified atom stereocenters. The molecule has 2 rings (SSSR count). The van der Waals surface area contributed by atoms with Gasteiger partial charge in [-0.3, -0.25) is 0 Å². The number of hydrogen-bond acceptors (Lipinski definition) is 2. The highest BCUT2D eigenvalue weighted by atomic mass is 35.5. The lowest BCUT2D eigenvalue weighted by atomic mass is 10.0. The number of benzene rings is 1. The van der Waals surface area contributed by atoms with E-state index >= 15 is 0 Å². The Morgan fingerprint density at radius 3 is 2.88 bits per heavy atom. The average Bonchev–Trinajstić information content (AvgIpc) is 2.29. The second kappa shape index (κ2) is 5.17. The van der Waals surface area contributed by atoms with Crippen molar-refractivity contribution in [1.82, 2.24) is 5.32 Å². The first-order valence-electron chi connectivity index (χ1n) is 5.78. The SMILES string of the molecule is CC(C)C1CNCC(c2cccc(Cl)c2)O1. The van der Waals surface area contributed by atoms with Crippen molar-refractivity contribution in [3.63, 3.8) is 0 Å². The van der Waals surface area contributed by atoms with Crippen molar-refractivity contribution in [3.8, 4) is 0 Å². The molecule has 16 heavy (non-hydrogen) atoms. The lowest BCUT2D eigenvalue weighted by Gasteiger charge is -2.33. The predicted octanol–water partition coefficient (Wildman–Crippen LogP) is 3.03. The normalized spacial score (nSPS) is 26.0. The van der Waals surface area contributed by atoms with Crippen molar-refractivity contribution in [2.75, 3.05) is 13.1 Å². The summed E-state index contributed by atoms with van der Waals surface area (Å²) in [6.07, 6.45) is 0.414. The van der Waals surface area contributed by atoms with Crippen LogP contribution < -0.4 is 5.32 Å². The topological polar surface area (TPSA) is 21.3 Å². The van der Waals surface area contributed by atoms with Crippen LogP contribution in [0.3, 0.4) is 0 Å². The maximum atomic E-state index is 6.07.